The predicted octanol–water partition coefficient (Wildman–Crippen LogP) is 1.88. The molecule has 0 saturated carbocycles. The van der Waals surface area contributed by atoms with Crippen molar-refractivity contribution in [1.29, 1.82) is 0 Å². The first-order valence-corrected chi connectivity index (χ1v) is 5.41. The third kappa shape index (κ3) is 1.33. The highest BCUT2D eigenvalue weighted by Crippen LogP contribution is 2.30. The van der Waals surface area contributed by atoms with Crippen LogP contribution in [-0.2, 0) is 0 Å². The first-order valence-electron chi connectivity index (χ1n) is 4.65. The largest absolute Gasteiger partial charge is 0.312 e. The molecule has 2 aromatic heterocycles. The van der Waals surface area contributed by atoms with E-state index in [1.807, 2.05) is 4.68 Å². The van der Waals surface area contributed by atoms with Crippen molar-refractivity contribution >= 4 is 34.2 Å². The fourth-order valence-corrected chi connectivity index (χ4v) is 1.99. The number of fused-ring (bicyclic) bond motifs is 1. The summed E-state index contributed by atoms with van der Waals surface area (Å²) < 4.78 is 1.90. The van der Waals surface area contributed by atoms with Gasteiger partial charge in [-0.2, -0.15) is 5.10 Å². The van der Waals surface area contributed by atoms with E-state index in [9.17, 15) is 0 Å². The fraction of sp³-hybridized carbons (Fsp3) is 0.333. The Kier molecular flexibility index (Phi) is 2.09. The summed E-state index contributed by atoms with van der Waals surface area (Å²) in [5, 5.41) is 9.29. The molecule has 0 amide bonds. The third-order valence-corrected chi connectivity index (χ3v) is 3.41. The van der Waals surface area contributed by atoms with Crippen molar-refractivity contribution in [3.8, 4) is 0 Å². The molecule has 0 aromatic carbocycles. The van der Waals surface area contributed by atoms with Crippen LogP contribution in [-0.4, -0.2) is 27.9 Å². The van der Waals surface area contributed by atoms with Gasteiger partial charge in [0.1, 0.15) is 0 Å². The lowest BCUT2D eigenvalue weighted by Crippen LogP contribution is -2.43. The summed E-state index contributed by atoms with van der Waals surface area (Å²) in [5.41, 5.74) is 0.802. The van der Waals surface area contributed by atoms with E-state index in [1.54, 1.807) is 12.4 Å². The molecular weight excluding hydrogens is 235 g/mol. The van der Waals surface area contributed by atoms with Gasteiger partial charge in [0.15, 0.2) is 5.65 Å². The lowest BCUT2D eigenvalue weighted by molar-refractivity contribution is 0.325. The summed E-state index contributed by atoms with van der Waals surface area (Å²) in [5.74, 6) is 0. The van der Waals surface area contributed by atoms with Crippen LogP contribution in [0.2, 0.25) is 10.0 Å². The molecule has 6 heteroatoms. The standard InChI is InChI=1S/C9H8Cl2N4/c10-7-4-13-9-6(8(7)11)3-14-15(9)5-1-12-2-5/h3-5,12H,1-2H2. The van der Waals surface area contributed by atoms with Crippen molar-refractivity contribution in [3.05, 3.63) is 22.4 Å². The Hall–Kier alpha value is -0.840. The molecule has 1 aliphatic heterocycles. The van der Waals surface area contributed by atoms with E-state index in [1.165, 1.54) is 0 Å². The van der Waals surface area contributed by atoms with Crippen molar-refractivity contribution in [2.45, 2.75) is 6.04 Å². The number of halogens is 2. The summed E-state index contributed by atoms with van der Waals surface area (Å²) in [6.45, 7) is 1.86. The van der Waals surface area contributed by atoms with E-state index in [2.05, 4.69) is 15.4 Å². The minimum Gasteiger partial charge on any atom is -0.312 e. The number of hydrogen-bond donors (Lipinski definition) is 1. The predicted molar refractivity (Wildman–Crippen MR) is 59.5 cm³/mol. The van der Waals surface area contributed by atoms with Gasteiger partial charge < -0.3 is 5.32 Å². The SMILES string of the molecule is Clc1cnc2c(cnn2C2CNC2)c1Cl. The lowest BCUT2D eigenvalue weighted by Gasteiger charge is -2.27. The highest BCUT2D eigenvalue weighted by molar-refractivity contribution is 6.44. The molecule has 2 aromatic rings. The summed E-state index contributed by atoms with van der Waals surface area (Å²) >= 11 is 11.9. The molecule has 1 saturated heterocycles. The van der Waals surface area contributed by atoms with Crippen molar-refractivity contribution < 1.29 is 0 Å². The van der Waals surface area contributed by atoms with Gasteiger partial charge in [-0.1, -0.05) is 23.2 Å². The number of pyridine rings is 1. The van der Waals surface area contributed by atoms with Crippen LogP contribution in [0, 0.1) is 0 Å². The van der Waals surface area contributed by atoms with Crippen LogP contribution in [0.4, 0.5) is 0 Å². The monoisotopic (exact) mass is 242 g/mol. The van der Waals surface area contributed by atoms with Gasteiger partial charge in [0.25, 0.3) is 0 Å². The number of nitrogens with zero attached hydrogens (tertiary/aromatic N) is 3. The zero-order valence-corrected chi connectivity index (χ0v) is 9.26. The molecule has 15 heavy (non-hydrogen) atoms. The number of nitrogens with one attached hydrogen (secondary N) is 1. The first kappa shape index (κ1) is 9.39. The molecule has 0 aliphatic carbocycles. The van der Waals surface area contributed by atoms with Crippen molar-refractivity contribution in [2.75, 3.05) is 13.1 Å². The Morgan fingerprint density at radius 3 is 2.80 bits per heavy atom. The van der Waals surface area contributed by atoms with Crippen LogP contribution in [0.3, 0.4) is 0 Å². The van der Waals surface area contributed by atoms with E-state index in [0.29, 0.717) is 16.1 Å². The van der Waals surface area contributed by atoms with Gasteiger partial charge in [0.2, 0.25) is 0 Å². The van der Waals surface area contributed by atoms with Crippen LogP contribution in [0.15, 0.2) is 12.4 Å². The number of hydrogen-bond acceptors (Lipinski definition) is 3. The summed E-state index contributed by atoms with van der Waals surface area (Å²) in [6.07, 6.45) is 3.28. The second-order valence-corrected chi connectivity index (χ2v) is 4.34. The third-order valence-electron chi connectivity index (χ3n) is 2.62. The molecule has 1 N–H and O–H groups in total. The van der Waals surface area contributed by atoms with Crippen molar-refractivity contribution in [2.24, 2.45) is 0 Å². The topological polar surface area (TPSA) is 42.7 Å². The van der Waals surface area contributed by atoms with E-state index in [-0.39, 0.29) is 0 Å². The highest BCUT2D eigenvalue weighted by atomic mass is 35.5. The molecule has 1 aliphatic rings. The molecule has 4 nitrogen and oxygen atoms in total. The Labute approximate surface area is 96.2 Å². The Morgan fingerprint density at radius 1 is 1.33 bits per heavy atom. The van der Waals surface area contributed by atoms with Crippen LogP contribution < -0.4 is 5.32 Å². The molecule has 3 rings (SSSR count). The normalized spacial score (nSPS) is 16.9. The van der Waals surface area contributed by atoms with Crippen molar-refractivity contribution in [1.82, 2.24) is 20.1 Å². The average molecular weight is 243 g/mol. The summed E-state index contributed by atoms with van der Waals surface area (Å²) in [7, 11) is 0. The van der Waals surface area contributed by atoms with Crippen LogP contribution in [0.1, 0.15) is 6.04 Å². The maximum atomic E-state index is 6.06. The Balaban J connectivity index is 2.21. The van der Waals surface area contributed by atoms with Gasteiger partial charge >= 0.3 is 0 Å². The van der Waals surface area contributed by atoms with Crippen LogP contribution in [0.5, 0.6) is 0 Å². The molecule has 0 radical (unpaired) electrons. The van der Waals surface area contributed by atoms with E-state index < -0.39 is 0 Å². The molecule has 3 heterocycles. The minimum atomic E-state index is 0.382. The number of rotatable bonds is 1. The maximum absolute atomic E-state index is 6.06. The molecule has 0 unspecified atom stereocenters. The Morgan fingerprint density at radius 2 is 2.13 bits per heavy atom. The lowest BCUT2D eigenvalue weighted by atomic mass is 10.2. The smallest absolute Gasteiger partial charge is 0.159 e. The highest BCUT2D eigenvalue weighted by Gasteiger charge is 2.22. The van der Waals surface area contributed by atoms with Gasteiger partial charge in [-0.05, 0) is 0 Å². The summed E-state index contributed by atoms with van der Waals surface area (Å²) in [4.78, 5) is 4.26. The molecule has 1 fully saturated rings. The van der Waals surface area contributed by atoms with Gasteiger partial charge in [-0.15, -0.1) is 0 Å². The van der Waals surface area contributed by atoms with Crippen LogP contribution >= 0.6 is 23.2 Å². The molecule has 0 atom stereocenters. The summed E-state index contributed by atoms with van der Waals surface area (Å²) in [6, 6.07) is 0.382. The molecule has 0 spiro atoms. The second kappa shape index (κ2) is 3.33. The molecule has 78 valence electrons. The van der Waals surface area contributed by atoms with E-state index in [4.69, 9.17) is 23.2 Å². The fourth-order valence-electron chi connectivity index (χ4n) is 1.66. The minimum absolute atomic E-state index is 0.382. The quantitative estimate of drug-likeness (QED) is 0.831. The maximum Gasteiger partial charge on any atom is 0.159 e. The Bertz CT molecular complexity index is 518. The van der Waals surface area contributed by atoms with E-state index >= 15 is 0 Å². The first-order chi connectivity index (χ1) is 7.27. The number of aromatic nitrogens is 3. The van der Waals surface area contributed by atoms with Gasteiger partial charge in [-0.25, -0.2) is 9.67 Å². The van der Waals surface area contributed by atoms with Gasteiger partial charge in [-0.3, -0.25) is 0 Å². The molecule has 0 bridgehead atoms. The zero-order chi connectivity index (χ0) is 10.4. The average Bonchev–Trinajstić information content (AvgIpc) is 2.54. The van der Waals surface area contributed by atoms with Crippen LogP contribution in [0.25, 0.3) is 11.0 Å². The van der Waals surface area contributed by atoms with Gasteiger partial charge in [0, 0.05) is 19.3 Å². The van der Waals surface area contributed by atoms with Gasteiger partial charge in [0.05, 0.1) is 27.7 Å². The molecular formula is C9H8Cl2N4. The zero-order valence-electron chi connectivity index (χ0n) is 7.74. The van der Waals surface area contributed by atoms with Crippen molar-refractivity contribution in [3.63, 3.8) is 0 Å². The second-order valence-electron chi connectivity index (χ2n) is 3.56. The van der Waals surface area contributed by atoms with E-state index in [0.717, 1.165) is 24.1 Å².